The van der Waals surface area contributed by atoms with Gasteiger partial charge in [-0.1, -0.05) is 110 Å². The molecule has 0 saturated carbocycles. The van der Waals surface area contributed by atoms with E-state index < -0.39 is 13.9 Å². The Kier molecular flexibility index (Phi) is 24.9. The number of phosphoric ester groups is 1. The van der Waals surface area contributed by atoms with Crippen LogP contribution in [0.5, 0.6) is 0 Å². The van der Waals surface area contributed by atoms with Crippen LogP contribution >= 0.6 is 7.82 Å². The Morgan fingerprint density at radius 3 is 1.69 bits per heavy atom. The second-order valence-corrected chi connectivity index (χ2v) is 13.3. The van der Waals surface area contributed by atoms with E-state index in [2.05, 4.69) is 13.8 Å². The molecule has 0 aromatic heterocycles. The third-order valence-corrected chi connectivity index (χ3v) is 7.69. The fraction of sp³-hybridized carbons (Fsp3) is 0.967. The summed E-state index contributed by atoms with van der Waals surface area (Å²) in [5.41, 5.74) is 0. The van der Waals surface area contributed by atoms with Gasteiger partial charge in [0.1, 0.15) is 25.9 Å². The molecule has 9 heteroatoms. The summed E-state index contributed by atoms with van der Waals surface area (Å²) in [6, 6.07) is 0. The average molecular weight is 581 g/mol. The Labute approximate surface area is 240 Å². The Hall–Kier alpha value is -0.500. The molecule has 0 heterocycles. The maximum atomic E-state index is 12.3. The number of likely N-dealkylation sites (N-methyl/N-ethyl adjacent to an activating group) is 1. The molecule has 0 rings (SSSR count). The molecule has 0 saturated heterocycles. The summed E-state index contributed by atoms with van der Waals surface area (Å²) in [7, 11) is 1.72. The van der Waals surface area contributed by atoms with Crippen LogP contribution in [0.15, 0.2) is 0 Å². The van der Waals surface area contributed by atoms with E-state index in [4.69, 9.17) is 18.5 Å². The van der Waals surface area contributed by atoms with Crippen LogP contribution in [-0.4, -0.2) is 75.6 Å². The largest absolute Gasteiger partial charge is 0.472 e. The van der Waals surface area contributed by atoms with Crippen molar-refractivity contribution in [1.82, 2.24) is 0 Å². The molecule has 0 radical (unpaired) electrons. The molecule has 0 aromatic carbocycles. The van der Waals surface area contributed by atoms with Crippen molar-refractivity contribution in [1.29, 1.82) is 0 Å². The third-order valence-electron chi connectivity index (χ3n) is 6.71. The summed E-state index contributed by atoms with van der Waals surface area (Å²) in [6.45, 7) is 5.40. The predicted molar refractivity (Wildman–Crippen MR) is 160 cm³/mol. The summed E-state index contributed by atoms with van der Waals surface area (Å²) in [5, 5.41) is 0. The summed E-state index contributed by atoms with van der Waals surface area (Å²) < 4.78 is 34.3. The number of hydrogen-bond donors (Lipinski definition) is 1. The van der Waals surface area contributed by atoms with E-state index in [9.17, 15) is 14.3 Å². The minimum Gasteiger partial charge on any atom is -0.463 e. The van der Waals surface area contributed by atoms with Crippen LogP contribution in [0.3, 0.4) is 0 Å². The van der Waals surface area contributed by atoms with Crippen LogP contribution in [0.4, 0.5) is 0 Å². The van der Waals surface area contributed by atoms with Gasteiger partial charge in [-0.3, -0.25) is 13.8 Å². The molecule has 39 heavy (non-hydrogen) atoms. The molecule has 234 valence electrons. The molecule has 0 aliphatic heterocycles. The number of ether oxygens (including phenoxy) is 2. The Morgan fingerprint density at radius 1 is 0.692 bits per heavy atom. The van der Waals surface area contributed by atoms with Gasteiger partial charge in [0.05, 0.1) is 27.7 Å². The first-order valence-corrected chi connectivity index (χ1v) is 17.3. The zero-order chi connectivity index (χ0) is 29.2. The average Bonchev–Trinajstić information content (AvgIpc) is 2.86. The van der Waals surface area contributed by atoms with Crippen molar-refractivity contribution in [3.8, 4) is 0 Å². The summed E-state index contributed by atoms with van der Waals surface area (Å²) >= 11 is 0. The highest BCUT2D eigenvalue weighted by molar-refractivity contribution is 7.47. The maximum Gasteiger partial charge on any atom is 0.472 e. The third kappa shape index (κ3) is 28.8. The fourth-order valence-electron chi connectivity index (χ4n) is 4.11. The molecule has 2 atom stereocenters. The fourth-order valence-corrected chi connectivity index (χ4v) is 4.85. The van der Waals surface area contributed by atoms with E-state index in [0.717, 1.165) is 44.9 Å². The van der Waals surface area contributed by atoms with Crippen molar-refractivity contribution in [2.75, 3.05) is 54.1 Å². The van der Waals surface area contributed by atoms with Crippen LogP contribution in [0.25, 0.3) is 0 Å². The number of quaternary nitrogens is 1. The van der Waals surface area contributed by atoms with Crippen molar-refractivity contribution < 1.29 is 37.3 Å². The van der Waals surface area contributed by atoms with E-state index >= 15 is 0 Å². The summed E-state index contributed by atoms with van der Waals surface area (Å²) in [4.78, 5) is 22.3. The lowest BCUT2D eigenvalue weighted by Crippen LogP contribution is -2.37. The van der Waals surface area contributed by atoms with Gasteiger partial charge in [-0.05, 0) is 12.8 Å². The molecule has 0 bridgehead atoms. The zero-order valence-corrected chi connectivity index (χ0v) is 27.0. The van der Waals surface area contributed by atoms with Crippen molar-refractivity contribution in [3.05, 3.63) is 0 Å². The zero-order valence-electron chi connectivity index (χ0n) is 26.1. The monoisotopic (exact) mass is 580 g/mol. The Bertz CT molecular complexity index is 613. The van der Waals surface area contributed by atoms with Crippen molar-refractivity contribution in [2.24, 2.45) is 0 Å². The minimum atomic E-state index is -4.20. The van der Waals surface area contributed by atoms with Gasteiger partial charge in [-0.25, -0.2) is 4.57 Å². The molecular weight excluding hydrogens is 517 g/mol. The lowest BCUT2D eigenvalue weighted by Gasteiger charge is -2.24. The molecule has 0 aliphatic carbocycles. The number of esters is 1. The minimum absolute atomic E-state index is 0.00390. The summed E-state index contributed by atoms with van der Waals surface area (Å²) in [6.07, 6.45) is 20.3. The highest BCUT2D eigenvalue weighted by Gasteiger charge is 2.25. The van der Waals surface area contributed by atoms with Crippen molar-refractivity contribution in [3.63, 3.8) is 0 Å². The SMILES string of the molecule is CCCCCCCCCCCCCCCC(=O)OC[C@H](COP(=O)(O)OCC[N+](C)(C)C)OCCCCCC. The van der Waals surface area contributed by atoms with Gasteiger partial charge in [0.25, 0.3) is 0 Å². The molecule has 0 amide bonds. The number of phosphoric acid groups is 1. The molecule has 0 fully saturated rings. The van der Waals surface area contributed by atoms with Crippen LogP contribution in [-0.2, 0) is 27.9 Å². The van der Waals surface area contributed by atoms with Crippen LogP contribution in [0.2, 0.25) is 0 Å². The number of unbranched alkanes of at least 4 members (excludes halogenated alkanes) is 15. The second-order valence-electron chi connectivity index (χ2n) is 11.8. The van der Waals surface area contributed by atoms with Crippen molar-refractivity contribution in [2.45, 2.75) is 136 Å². The number of rotatable bonds is 29. The second kappa shape index (κ2) is 25.2. The Balaban J connectivity index is 4.12. The lowest BCUT2D eigenvalue weighted by molar-refractivity contribution is -0.870. The molecule has 0 aromatic rings. The van der Waals surface area contributed by atoms with Gasteiger partial charge in [-0.15, -0.1) is 0 Å². The van der Waals surface area contributed by atoms with Crippen molar-refractivity contribution >= 4 is 13.8 Å². The highest BCUT2D eigenvalue weighted by atomic mass is 31.2. The molecule has 1 N–H and O–H groups in total. The van der Waals surface area contributed by atoms with Gasteiger partial charge < -0.3 is 18.9 Å². The first-order valence-electron chi connectivity index (χ1n) is 15.8. The molecule has 0 spiro atoms. The molecule has 8 nitrogen and oxygen atoms in total. The predicted octanol–water partition coefficient (Wildman–Crippen LogP) is 7.82. The Morgan fingerprint density at radius 2 is 1.18 bits per heavy atom. The first kappa shape index (κ1) is 38.5. The quantitative estimate of drug-likeness (QED) is 0.0417. The van der Waals surface area contributed by atoms with Crippen LogP contribution in [0, 0.1) is 0 Å². The number of carbonyl (C=O) groups is 1. The topological polar surface area (TPSA) is 91.3 Å². The van der Waals surface area contributed by atoms with Gasteiger partial charge >= 0.3 is 13.8 Å². The molecular formula is C30H63NO7P+. The van der Waals surface area contributed by atoms with E-state index in [-0.39, 0.29) is 25.8 Å². The number of hydrogen-bond acceptors (Lipinski definition) is 6. The van der Waals surface area contributed by atoms with Crippen LogP contribution in [0.1, 0.15) is 129 Å². The van der Waals surface area contributed by atoms with Gasteiger partial charge in [0.15, 0.2) is 0 Å². The normalized spacial score (nSPS) is 14.3. The highest BCUT2D eigenvalue weighted by Crippen LogP contribution is 2.43. The molecule has 0 aliphatic rings. The van der Waals surface area contributed by atoms with Gasteiger partial charge in [-0.2, -0.15) is 0 Å². The standard InChI is InChI=1S/C30H62NO7P/c1-6-8-10-12-13-14-15-16-17-18-19-20-21-23-30(32)36-27-29(35-25-22-11-9-7-2)28-38-39(33,34)37-26-24-31(3,4)5/h29H,6-28H2,1-5H3/p+1/t29-/m1/s1. The number of nitrogens with zero attached hydrogens (tertiary/aromatic N) is 1. The van der Waals surface area contributed by atoms with E-state index in [1.165, 1.54) is 64.2 Å². The smallest absolute Gasteiger partial charge is 0.463 e. The lowest BCUT2D eigenvalue weighted by atomic mass is 10.0. The number of carbonyl (C=O) groups excluding carboxylic acids is 1. The van der Waals surface area contributed by atoms with E-state index in [0.29, 0.717) is 24.1 Å². The van der Waals surface area contributed by atoms with E-state index in [1.807, 2.05) is 21.1 Å². The van der Waals surface area contributed by atoms with Gasteiger partial charge in [0, 0.05) is 13.0 Å². The maximum absolute atomic E-state index is 12.3. The van der Waals surface area contributed by atoms with E-state index in [1.54, 1.807) is 0 Å². The first-order chi connectivity index (χ1) is 18.6. The van der Waals surface area contributed by atoms with Gasteiger partial charge in [0.2, 0.25) is 0 Å². The van der Waals surface area contributed by atoms with Crippen LogP contribution < -0.4 is 0 Å². The molecule has 1 unspecified atom stereocenters. The summed E-state index contributed by atoms with van der Waals surface area (Å²) in [5.74, 6) is -0.260.